The molecule has 0 saturated carbocycles. The molecule has 2 aromatic carbocycles. The van der Waals surface area contributed by atoms with Gasteiger partial charge in [-0.05, 0) is 12.1 Å². The third kappa shape index (κ3) is 3.56. The van der Waals surface area contributed by atoms with Crippen LogP contribution in [0.3, 0.4) is 0 Å². The second-order valence-electron chi connectivity index (χ2n) is 4.28. The maximum absolute atomic E-state index is 10.7. The molecule has 0 aromatic heterocycles. The van der Waals surface area contributed by atoms with E-state index >= 15 is 0 Å². The lowest BCUT2D eigenvalue weighted by Gasteiger charge is -2.05. The number of ether oxygens (including phenoxy) is 1. The minimum Gasteiger partial charge on any atom is -0.507 e. The fourth-order valence-corrected chi connectivity index (χ4v) is 1.83. The Morgan fingerprint density at radius 3 is 2.81 bits per heavy atom. The number of rotatable bonds is 5. The van der Waals surface area contributed by atoms with Crippen molar-refractivity contribution in [3.8, 4) is 11.5 Å². The standard InChI is InChI=1S/C15H14N2O4/c1-21-15-5-3-2-4-11(15)9-16-10-12-8-13(17(19)20)6-7-14(12)18/h2-8,10,18H,9H2,1H3. The molecule has 108 valence electrons. The zero-order valence-corrected chi connectivity index (χ0v) is 11.4. The van der Waals surface area contributed by atoms with E-state index in [1.165, 1.54) is 24.4 Å². The van der Waals surface area contributed by atoms with E-state index in [9.17, 15) is 15.2 Å². The van der Waals surface area contributed by atoms with Crippen LogP contribution in [0, 0.1) is 10.1 Å². The van der Waals surface area contributed by atoms with E-state index in [0.717, 1.165) is 11.3 Å². The molecule has 0 amide bonds. The number of hydrogen-bond acceptors (Lipinski definition) is 5. The van der Waals surface area contributed by atoms with Crippen molar-refractivity contribution >= 4 is 11.9 Å². The lowest BCUT2D eigenvalue weighted by Crippen LogP contribution is -1.92. The van der Waals surface area contributed by atoms with Crippen LogP contribution in [0.15, 0.2) is 47.5 Å². The Morgan fingerprint density at radius 2 is 2.10 bits per heavy atom. The number of aromatic hydroxyl groups is 1. The quantitative estimate of drug-likeness (QED) is 0.520. The highest BCUT2D eigenvalue weighted by atomic mass is 16.6. The van der Waals surface area contributed by atoms with Gasteiger partial charge >= 0.3 is 0 Å². The smallest absolute Gasteiger partial charge is 0.270 e. The van der Waals surface area contributed by atoms with Crippen LogP contribution in [-0.2, 0) is 6.54 Å². The number of nitrogens with zero attached hydrogens (tertiary/aromatic N) is 2. The van der Waals surface area contributed by atoms with Crippen LogP contribution in [0.5, 0.6) is 11.5 Å². The average Bonchev–Trinajstić information content (AvgIpc) is 2.49. The molecule has 0 heterocycles. The molecule has 2 aromatic rings. The first-order chi connectivity index (χ1) is 10.1. The van der Waals surface area contributed by atoms with Crippen molar-refractivity contribution in [2.75, 3.05) is 7.11 Å². The van der Waals surface area contributed by atoms with Crippen molar-refractivity contribution in [2.24, 2.45) is 4.99 Å². The average molecular weight is 286 g/mol. The predicted octanol–water partition coefficient (Wildman–Crippen LogP) is 2.93. The van der Waals surface area contributed by atoms with Crippen LogP contribution >= 0.6 is 0 Å². The van der Waals surface area contributed by atoms with Crippen LogP contribution in [0.1, 0.15) is 11.1 Å². The zero-order chi connectivity index (χ0) is 15.2. The first kappa shape index (κ1) is 14.5. The number of hydrogen-bond donors (Lipinski definition) is 1. The van der Waals surface area contributed by atoms with E-state index in [-0.39, 0.29) is 11.4 Å². The number of methoxy groups -OCH3 is 1. The van der Waals surface area contributed by atoms with Gasteiger partial charge in [0.15, 0.2) is 0 Å². The summed E-state index contributed by atoms with van der Waals surface area (Å²) in [4.78, 5) is 14.4. The van der Waals surface area contributed by atoms with Crippen molar-refractivity contribution in [2.45, 2.75) is 6.54 Å². The van der Waals surface area contributed by atoms with Crippen molar-refractivity contribution in [1.29, 1.82) is 0 Å². The molecule has 0 bridgehead atoms. The van der Waals surface area contributed by atoms with Crippen molar-refractivity contribution in [1.82, 2.24) is 0 Å². The number of non-ortho nitro benzene ring substituents is 1. The normalized spacial score (nSPS) is 10.7. The van der Waals surface area contributed by atoms with Crippen LogP contribution < -0.4 is 4.74 Å². The molecule has 0 spiro atoms. The summed E-state index contributed by atoms with van der Waals surface area (Å²) in [7, 11) is 1.58. The van der Waals surface area contributed by atoms with E-state index in [1.54, 1.807) is 7.11 Å². The number of para-hydroxylation sites is 1. The summed E-state index contributed by atoms with van der Waals surface area (Å²) in [5.74, 6) is 0.669. The van der Waals surface area contributed by atoms with E-state index in [2.05, 4.69) is 4.99 Å². The maximum atomic E-state index is 10.7. The Hall–Kier alpha value is -2.89. The third-order valence-corrected chi connectivity index (χ3v) is 2.91. The molecule has 0 aliphatic carbocycles. The van der Waals surface area contributed by atoms with Crippen LogP contribution in [0.4, 0.5) is 5.69 Å². The number of nitro benzene ring substituents is 1. The molecule has 0 saturated heterocycles. The summed E-state index contributed by atoms with van der Waals surface area (Å²) in [5.41, 5.74) is 1.10. The van der Waals surface area contributed by atoms with Gasteiger partial charge in [-0.2, -0.15) is 0 Å². The molecular formula is C15H14N2O4. The van der Waals surface area contributed by atoms with Crippen molar-refractivity contribution in [3.05, 3.63) is 63.7 Å². The molecule has 6 nitrogen and oxygen atoms in total. The van der Waals surface area contributed by atoms with E-state index < -0.39 is 4.92 Å². The van der Waals surface area contributed by atoms with Gasteiger partial charge in [-0.3, -0.25) is 15.1 Å². The van der Waals surface area contributed by atoms with E-state index in [0.29, 0.717) is 12.1 Å². The molecule has 0 aliphatic heterocycles. The van der Waals surface area contributed by atoms with Gasteiger partial charge in [0.25, 0.3) is 5.69 Å². The van der Waals surface area contributed by atoms with Gasteiger partial charge in [-0.15, -0.1) is 0 Å². The molecule has 21 heavy (non-hydrogen) atoms. The summed E-state index contributed by atoms with van der Waals surface area (Å²) in [6, 6.07) is 11.2. The fraction of sp³-hybridized carbons (Fsp3) is 0.133. The second kappa shape index (κ2) is 6.51. The number of benzene rings is 2. The predicted molar refractivity (Wildman–Crippen MR) is 79.1 cm³/mol. The van der Waals surface area contributed by atoms with Gasteiger partial charge in [-0.1, -0.05) is 18.2 Å². The molecule has 2 rings (SSSR count). The highest BCUT2D eigenvalue weighted by molar-refractivity contribution is 5.84. The van der Waals surface area contributed by atoms with Gasteiger partial charge in [0.05, 0.1) is 18.6 Å². The third-order valence-electron chi connectivity index (χ3n) is 2.91. The van der Waals surface area contributed by atoms with Gasteiger partial charge in [-0.25, -0.2) is 0 Å². The van der Waals surface area contributed by atoms with Gasteiger partial charge in [0, 0.05) is 29.5 Å². The summed E-state index contributed by atoms with van der Waals surface area (Å²) >= 11 is 0. The SMILES string of the molecule is COc1ccccc1CN=Cc1cc([N+](=O)[O-])ccc1O. The zero-order valence-electron chi connectivity index (χ0n) is 11.4. The number of phenols is 1. The summed E-state index contributed by atoms with van der Waals surface area (Å²) in [6.07, 6.45) is 1.41. The molecule has 0 fully saturated rings. The van der Waals surface area contributed by atoms with Crippen LogP contribution in [-0.4, -0.2) is 23.4 Å². The lowest BCUT2D eigenvalue weighted by molar-refractivity contribution is -0.384. The van der Waals surface area contributed by atoms with Crippen LogP contribution in [0.25, 0.3) is 0 Å². The number of nitro groups is 1. The molecular weight excluding hydrogens is 272 g/mol. The van der Waals surface area contributed by atoms with Crippen LogP contribution in [0.2, 0.25) is 0 Å². The Bertz CT molecular complexity index is 683. The highest BCUT2D eigenvalue weighted by Gasteiger charge is 2.08. The lowest BCUT2D eigenvalue weighted by atomic mass is 10.2. The van der Waals surface area contributed by atoms with Gasteiger partial charge in [0.2, 0.25) is 0 Å². The molecule has 1 N–H and O–H groups in total. The maximum Gasteiger partial charge on any atom is 0.270 e. The van der Waals surface area contributed by atoms with Crippen molar-refractivity contribution < 1.29 is 14.8 Å². The topological polar surface area (TPSA) is 85.0 Å². The largest absolute Gasteiger partial charge is 0.507 e. The van der Waals surface area contributed by atoms with E-state index in [1.807, 2.05) is 24.3 Å². The summed E-state index contributed by atoms with van der Waals surface area (Å²) in [5, 5.41) is 20.4. The Balaban J connectivity index is 2.18. The first-order valence-electron chi connectivity index (χ1n) is 6.21. The monoisotopic (exact) mass is 286 g/mol. The van der Waals surface area contributed by atoms with Crippen molar-refractivity contribution in [3.63, 3.8) is 0 Å². The molecule has 0 radical (unpaired) electrons. The highest BCUT2D eigenvalue weighted by Crippen LogP contribution is 2.22. The van der Waals surface area contributed by atoms with E-state index in [4.69, 9.17) is 4.74 Å². The Kier molecular flexibility index (Phi) is 4.50. The molecule has 6 heteroatoms. The minimum atomic E-state index is -0.517. The number of aliphatic imine (C=N–C) groups is 1. The Morgan fingerprint density at radius 1 is 1.33 bits per heavy atom. The van der Waals surface area contributed by atoms with Gasteiger partial charge in [0.1, 0.15) is 11.5 Å². The molecule has 0 unspecified atom stereocenters. The summed E-state index contributed by atoms with van der Waals surface area (Å²) in [6.45, 7) is 0.353. The Labute approximate surface area is 121 Å². The number of phenolic OH excluding ortho intramolecular Hbond substituents is 1. The first-order valence-corrected chi connectivity index (χ1v) is 6.21. The molecule has 0 atom stereocenters. The molecule has 0 aliphatic rings. The second-order valence-corrected chi connectivity index (χ2v) is 4.28. The summed E-state index contributed by atoms with van der Waals surface area (Å²) < 4.78 is 5.21. The minimum absolute atomic E-state index is 0.0515. The van der Waals surface area contributed by atoms with Gasteiger partial charge < -0.3 is 9.84 Å². The fourth-order valence-electron chi connectivity index (χ4n) is 1.83.